The third kappa shape index (κ3) is 5.41. The molecule has 2 N–H and O–H groups in total. The number of nitrogens with one attached hydrogen (secondary N) is 2. The van der Waals surface area contributed by atoms with Gasteiger partial charge in [-0.15, -0.1) is 0 Å². The van der Waals surface area contributed by atoms with E-state index in [2.05, 4.69) is 27.7 Å². The van der Waals surface area contributed by atoms with Crippen molar-refractivity contribution in [3.63, 3.8) is 0 Å². The SMILES string of the molecule is CC(=O)NCc1ccc(C(=O)NCC(c2ccccc2)N2CCCC2)cc1. The molecular weight excluding hydrogens is 338 g/mol. The Bertz CT molecular complexity index is 753. The lowest BCUT2D eigenvalue weighted by Crippen LogP contribution is -2.36. The Morgan fingerprint density at radius 3 is 2.26 bits per heavy atom. The van der Waals surface area contributed by atoms with E-state index in [4.69, 9.17) is 0 Å². The van der Waals surface area contributed by atoms with Crippen molar-refractivity contribution < 1.29 is 9.59 Å². The van der Waals surface area contributed by atoms with Gasteiger partial charge in [-0.1, -0.05) is 42.5 Å². The van der Waals surface area contributed by atoms with E-state index in [1.165, 1.54) is 25.3 Å². The van der Waals surface area contributed by atoms with Gasteiger partial charge >= 0.3 is 0 Å². The number of hydrogen-bond donors (Lipinski definition) is 2. The average Bonchev–Trinajstić information content (AvgIpc) is 3.22. The molecule has 142 valence electrons. The largest absolute Gasteiger partial charge is 0.352 e. The van der Waals surface area contributed by atoms with E-state index in [9.17, 15) is 9.59 Å². The zero-order valence-electron chi connectivity index (χ0n) is 15.8. The Labute approximate surface area is 160 Å². The third-order valence-electron chi connectivity index (χ3n) is 4.98. The maximum atomic E-state index is 12.6. The fourth-order valence-electron chi connectivity index (χ4n) is 3.48. The van der Waals surface area contributed by atoms with E-state index in [0.29, 0.717) is 18.7 Å². The van der Waals surface area contributed by atoms with Crippen molar-refractivity contribution in [2.24, 2.45) is 0 Å². The molecule has 1 aliphatic rings. The molecular formula is C22H27N3O2. The highest BCUT2D eigenvalue weighted by molar-refractivity contribution is 5.94. The summed E-state index contributed by atoms with van der Waals surface area (Å²) in [4.78, 5) is 26.0. The molecule has 1 saturated heterocycles. The quantitative estimate of drug-likeness (QED) is 0.793. The minimum absolute atomic E-state index is 0.0642. The molecule has 1 atom stereocenters. The summed E-state index contributed by atoms with van der Waals surface area (Å²) in [6, 6.07) is 17.9. The number of amides is 2. The van der Waals surface area contributed by atoms with E-state index in [0.717, 1.165) is 18.7 Å². The molecule has 0 radical (unpaired) electrons. The number of benzene rings is 2. The van der Waals surface area contributed by atoms with Crippen LogP contribution in [0.3, 0.4) is 0 Å². The van der Waals surface area contributed by atoms with E-state index in [-0.39, 0.29) is 17.9 Å². The lowest BCUT2D eigenvalue weighted by molar-refractivity contribution is -0.119. The Balaban J connectivity index is 1.61. The van der Waals surface area contributed by atoms with Gasteiger partial charge in [0.1, 0.15) is 0 Å². The first kappa shape index (κ1) is 19.1. The van der Waals surface area contributed by atoms with Crippen LogP contribution in [0, 0.1) is 0 Å². The smallest absolute Gasteiger partial charge is 0.251 e. The number of hydrogen-bond acceptors (Lipinski definition) is 3. The van der Waals surface area contributed by atoms with Crippen LogP contribution in [-0.4, -0.2) is 36.3 Å². The van der Waals surface area contributed by atoms with Gasteiger partial charge < -0.3 is 10.6 Å². The Hall–Kier alpha value is -2.66. The summed E-state index contributed by atoms with van der Waals surface area (Å²) in [6.07, 6.45) is 2.43. The van der Waals surface area contributed by atoms with Crippen LogP contribution in [0.25, 0.3) is 0 Å². The number of likely N-dealkylation sites (tertiary alicyclic amines) is 1. The van der Waals surface area contributed by atoms with Crippen molar-refractivity contribution in [2.45, 2.75) is 32.4 Å². The molecule has 27 heavy (non-hydrogen) atoms. The van der Waals surface area contributed by atoms with Gasteiger partial charge in [0.15, 0.2) is 0 Å². The molecule has 2 amide bonds. The van der Waals surface area contributed by atoms with Gasteiger partial charge in [-0.25, -0.2) is 0 Å². The van der Waals surface area contributed by atoms with Crippen molar-refractivity contribution in [1.29, 1.82) is 0 Å². The first-order valence-electron chi connectivity index (χ1n) is 9.54. The van der Waals surface area contributed by atoms with E-state index in [1.54, 1.807) is 12.1 Å². The summed E-state index contributed by atoms with van der Waals surface area (Å²) < 4.78 is 0. The molecule has 5 nitrogen and oxygen atoms in total. The van der Waals surface area contributed by atoms with Gasteiger partial charge in [0.2, 0.25) is 5.91 Å². The summed E-state index contributed by atoms with van der Waals surface area (Å²) in [5.41, 5.74) is 2.85. The van der Waals surface area contributed by atoms with Gasteiger partial charge in [-0.05, 0) is 49.2 Å². The third-order valence-corrected chi connectivity index (χ3v) is 4.98. The molecule has 0 bridgehead atoms. The molecule has 1 heterocycles. The summed E-state index contributed by atoms with van der Waals surface area (Å²) >= 11 is 0. The van der Waals surface area contributed by atoms with Gasteiger partial charge in [0.05, 0.1) is 6.04 Å². The van der Waals surface area contributed by atoms with Crippen LogP contribution < -0.4 is 10.6 Å². The highest BCUT2D eigenvalue weighted by Crippen LogP contribution is 2.24. The Morgan fingerprint density at radius 2 is 1.63 bits per heavy atom. The molecule has 1 unspecified atom stereocenters. The predicted octanol–water partition coefficient (Wildman–Crippen LogP) is 2.89. The fourth-order valence-corrected chi connectivity index (χ4v) is 3.48. The monoisotopic (exact) mass is 365 g/mol. The second-order valence-corrected chi connectivity index (χ2v) is 6.99. The molecule has 5 heteroatoms. The minimum Gasteiger partial charge on any atom is -0.352 e. The summed E-state index contributed by atoms with van der Waals surface area (Å²) in [5.74, 6) is -0.133. The molecule has 0 saturated carbocycles. The van der Waals surface area contributed by atoms with Crippen LogP contribution in [0.4, 0.5) is 0 Å². The van der Waals surface area contributed by atoms with Crippen LogP contribution in [0.15, 0.2) is 54.6 Å². The molecule has 0 aromatic heterocycles. The van der Waals surface area contributed by atoms with E-state index >= 15 is 0 Å². The molecule has 1 fully saturated rings. The number of carbonyl (C=O) groups excluding carboxylic acids is 2. The lowest BCUT2D eigenvalue weighted by Gasteiger charge is -2.28. The van der Waals surface area contributed by atoms with Gasteiger partial charge in [-0.2, -0.15) is 0 Å². The summed E-state index contributed by atoms with van der Waals surface area (Å²) in [6.45, 7) is 4.71. The highest BCUT2D eigenvalue weighted by Gasteiger charge is 2.23. The molecule has 2 aromatic carbocycles. The van der Waals surface area contributed by atoms with Gasteiger partial charge in [-0.3, -0.25) is 14.5 Å². The van der Waals surface area contributed by atoms with Crippen LogP contribution in [0.1, 0.15) is 47.3 Å². The maximum absolute atomic E-state index is 12.6. The van der Waals surface area contributed by atoms with Crippen LogP contribution in [0.2, 0.25) is 0 Å². The van der Waals surface area contributed by atoms with Crippen molar-refractivity contribution in [2.75, 3.05) is 19.6 Å². The van der Waals surface area contributed by atoms with Crippen molar-refractivity contribution >= 4 is 11.8 Å². The molecule has 0 spiro atoms. The first-order chi connectivity index (χ1) is 13.1. The molecule has 0 aliphatic carbocycles. The fraction of sp³-hybridized carbons (Fsp3) is 0.364. The predicted molar refractivity (Wildman–Crippen MR) is 106 cm³/mol. The molecule has 3 rings (SSSR count). The van der Waals surface area contributed by atoms with E-state index in [1.807, 2.05) is 30.3 Å². The first-order valence-corrected chi connectivity index (χ1v) is 9.54. The lowest BCUT2D eigenvalue weighted by atomic mass is 10.1. The second kappa shape index (κ2) is 9.33. The zero-order chi connectivity index (χ0) is 19.1. The normalized spacial score (nSPS) is 15.3. The number of rotatable bonds is 7. The van der Waals surface area contributed by atoms with Crippen LogP contribution >= 0.6 is 0 Å². The summed E-state index contributed by atoms with van der Waals surface area (Å²) in [7, 11) is 0. The zero-order valence-corrected chi connectivity index (χ0v) is 15.8. The van der Waals surface area contributed by atoms with Crippen molar-refractivity contribution in [3.8, 4) is 0 Å². The van der Waals surface area contributed by atoms with Crippen molar-refractivity contribution in [3.05, 3.63) is 71.3 Å². The highest BCUT2D eigenvalue weighted by atomic mass is 16.2. The topological polar surface area (TPSA) is 61.4 Å². The standard InChI is InChI=1S/C22H27N3O2/c1-17(26)23-15-18-9-11-20(12-10-18)22(27)24-16-21(25-13-5-6-14-25)19-7-3-2-4-8-19/h2-4,7-12,21H,5-6,13-16H2,1H3,(H,23,26)(H,24,27). The van der Waals surface area contributed by atoms with Gasteiger partial charge in [0.25, 0.3) is 5.91 Å². The van der Waals surface area contributed by atoms with Crippen LogP contribution in [0.5, 0.6) is 0 Å². The number of nitrogens with zero attached hydrogens (tertiary/aromatic N) is 1. The van der Waals surface area contributed by atoms with Crippen LogP contribution in [-0.2, 0) is 11.3 Å². The minimum atomic E-state index is -0.0683. The summed E-state index contributed by atoms with van der Waals surface area (Å²) in [5, 5.41) is 5.85. The Morgan fingerprint density at radius 1 is 0.963 bits per heavy atom. The average molecular weight is 365 g/mol. The molecule has 2 aromatic rings. The van der Waals surface area contributed by atoms with E-state index < -0.39 is 0 Å². The number of carbonyl (C=O) groups is 2. The maximum Gasteiger partial charge on any atom is 0.251 e. The second-order valence-electron chi connectivity index (χ2n) is 6.99. The van der Waals surface area contributed by atoms with Gasteiger partial charge in [0, 0.05) is 25.6 Å². The van der Waals surface area contributed by atoms with Crippen molar-refractivity contribution in [1.82, 2.24) is 15.5 Å². The molecule has 1 aliphatic heterocycles. The Kier molecular flexibility index (Phi) is 6.60.